The molecular weight excluding hydrogens is 302 g/mol. The Bertz CT molecular complexity index is 756. The van der Waals surface area contributed by atoms with Gasteiger partial charge in [-0.25, -0.2) is 0 Å². The van der Waals surface area contributed by atoms with Gasteiger partial charge in [0.2, 0.25) is 5.91 Å². The molecule has 2 atom stereocenters. The van der Waals surface area contributed by atoms with Crippen LogP contribution in [-0.4, -0.2) is 33.9 Å². The van der Waals surface area contributed by atoms with E-state index in [0.29, 0.717) is 25.1 Å². The van der Waals surface area contributed by atoms with E-state index in [9.17, 15) is 4.79 Å². The number of anilines is 1. The molecule has 0 unspecified atom stereocenters. The lowest BCUT2D eigenvalue weighted by Gasteiger charge is -2.27. The molecule has 3 rings (SSSR count). The number of aromatic nitrogens is 2. The third-order valence-corrected chi connectivity index (χ3v) is 4.40. The van der Waals surface area contributed by atoms with Gasteiger partial charge < -0.3 is 10.2 Å². The molecular formula is C18H19N5O. The number of hydrogen-bond acceptors (Lipinski definition) is 5. The van der Waals surface area contributed by atoms with Gasteiger partial charge in [-0.15, -0.1) is 0 Å². The van der Waals surface area contributed by atoms with Crippen molar-refractivity contribution < 1.29 is 4.79 Å². The molecule has 0 saturated carbocycles. The third kappa shape index (κ3) is 3.06. The molecule has 0 bridgehead atoms. The van der Waals surface area contributed by atoms with Crippen molar-refractivity contribution >= 4 is 11.6 Å². The number of carbonyl (C=O) groups excluding carboxylic acids is 1. The Morgan fingerprint density at radius 2 is 2.17 bits per heavy atom. The summed E-state index contributed by atoms with van der Waals surface area (Å²) in [4.78, 5) is 22.4. The van der Waals surface area contributed by atoms with Crippen LogP contribution < -0.4 is 5.32 Å². The summed E-state index contributed by atoms with van der Waals surface area (Å²) >= 11 is 0. The van der Waals surface area contributed by atoms with E-state index in [2.05, 4.69) is 21.4 Å². The minimum absolute atomic E-state index is 0.0103. The number of nitriles is 1. The second-order valence-electron chi connectivity index (χ2n) is 5.79. The first-order chi connectivity index (χ1) is 11.7. The van der Waals surface area contributed by atoms with Crippen LogP contribution >= 0.6 is 0 Å². The minimum atomic E-state index is 0.0103. The fourth-order valence-electron chi connectivity index (χ4n) is 3.30. The van der Waals surface area contributed by atoms with Crippen molar-refractivity contribution in [3.63, 3.8) is 0 Å². The fraction of sp³-hybridized carbons (Fsp3) is 0.333. The maximum Gasteiger partial charge on any atom is 0.223 e. The molecule has 1 N–H and O–H groups in total. The van der Waals surface area contributed by atoms with Crippen LogP contribution in [0, 0.1) is 17.2 Å². The number of hydrogen-bond donors (Lipinski definition) is 1. The first kappa shape index (κ1) is 15.9. The van der Waals surface area contributed by atoms with E-state index < -0.39 is 0 Å². The highest BCUT2D eigenvalue weighted by Crippen LogP contribution is 2.37. The van der Waals surface area contributed by atoms with Crippen LogP contribution in [0.1, 0.15) is 30.5 Å². The Morgan fingerprint density at radius 3 is 2.88 bits per heavy atom. The Morgan fingerprint density at radius 1 is 1.33 bits per heavy atom. The van der Waals surface area contributed by atoms with Crippen molar-refractivity contribution in [3.05, 3.63) is 54.1 Å². The number of likely N-dealkylation sites (tertiary alicyclic amines) is 1. The summed E-state index contributed by atoms with van der Waals surface area (Å²) in [6.07, 6.45) is 7.25. The molecule has 1 amide bonds. The zero-order valence-electron chi connectivity index (χ0n) is 13.5. The van der Waals surface area contributed by atoms with Crippen LogP contribution in [0.3, 0.4) is 0 Å². The number of rotatable bonds is 5. The van der Waals surface area contributed by atoms with Crippen LogP contribution in [0.15, 0.2) is 43.0 Å². The molecule has 24 heavy (non-hydrogen) atoms. The van der Waals surface area contributed by atoms with Gasteiger partial charge in [-0.3, -0.25) is 14.8 Å². The second kappa shape index (κ2) is 7.09. The summed E-state index contributed by atoms with van der Waals surface area (Å²) in [5.74, 6) is 0.287. The van der Waals surface area contributed by atoms with E-state index >= 15 is 0 Å². The maximum absolute atomic E-state index is 12.3. The van der Waals surface area contributed by atoms with Crippen molar-refractivity contribution in [3.8, 4) is 6.07 Å². The average Bonchev–Trinajstić information content (AvgIpc) is 2.96. The molecule has 6 heteroatoms. The van der Waals surface area contributed by atoms with Gasteiger partial charge in [-0.1, -0.05) is 6.07 Å². The molecule has 3 heterocycles. The van der Waals surface area contributed by atoms with E-state index in [1.807, 2.05) is 30.2 Å². The lowest BCUT2D eigenvalue weighted by Crippen LogP contribution is -2.30. The average molecular weight is 321 g/mol. The fourth-order valence-corrected chi connectivity index (χ4v) is 3.30. The van der Waals surface area contributed by atoms with Gasteiger partial charge >= 0.3 is 0 Å². The van der Waals surface area contributed by atoms with Gasteiger partial charge in [0.25, 0.3) is 0 Å². The first-order valence-corrected chi connectivity index (χ1v) is 8.02. The molecule has 0 aliphatic carbocycles. The van der Waals surface area contributed by atoms with E-state index in [-0.39, 0.29) is 17.9 Å². The summed E-state index contributed by atoms with van der Waals surface area (Å²) in [6.45, 7) is 3.28. The topological polar surface area (TPSA) is 81.9 Å². The largest absolute Gasteiger partial charge is 0.383 e. The summed E-state index contributed by atoms with van der Waals surface area (Å²) in [5, 5.41) is 12.5. The van der Waals surface area contributed by atoms with E-state index in [1.54, 1.807) is 24.7 Å². The summed E-state index contributed by atoms with van der Waals surface area (Å²) in [5.41, 5.74) is 2.30. The molecule has 1 fully saturated rings. The molecule has 1 saturated heterocycles. The zero-order chi connectivity index (χ0) is 16.9. The van der Waals surface area contributed by atoms with Crippen molar-refractivity contribution in [2.75, 3.05) is 18.4 Å². The Labute approximate surface area is 141 Å². The predicted octanol–water partition coefficient (Wildman–Crippen LogP) is 2.37. The van der Waals surface area contributed by atoms with E-state index in [4.69, 9.17) is 5.26 Å². The number of amides is 1. The zero-order valence-corrected chi connectivity index (χ0v) is 13.5. The first-order valence-electron chi connectivity index (χ1n) is 8.02. The molecule has 1 aliphatic rings. The number of pyridine rings is 2. The molecule has 2 aromatic heterocycles. The quantitative estimate of drug-likeness (QED) is 0.914. The van der Waals surface area contributed by atoms with Gasteiger partial charge in [-0.2, -0.15) is 5.26 Å². The van der Waals surface area contributed by atoms with Crippen LogP contribution in [0.5, 0.6) is 0 Å². The van der Waals surface area contributed by atoms with Crippen LogP contribution in [0.25, 0.3) is 0 Å². The van der Waals surface area contributed by atoms with E-state index in [1.165, 1.54) is 0 Å². The monoisotopic (exact) mass is 321 g/mol. The highest BCUT2D eigenvalue weighted by atomic mass is 16.2. The third-order valence-electron chi connectivity index (χ3n) is 4.40. The highest BCUT2D eigenvalue weighted by Gasteiger charge is 2.39. The normalized spacial score (nSPS) is 20.0. The minimum Gasteiger partial charge on any atom is -0.383 e. The maximum atomic E-state index is 12.3. The molecule has 6 nitrogen and oxygen atoms in total. The van der Waals surface area contributed by atoms with Gasteiger partial charge in [0.1, 0.15) is 6.07 Å². The van der Waals surface area contributed by atoms with Crippen LogP contribution in [0.4, 0.5) is 5.69 Å². The van der Waals surface area contributed by atoms with Gasteiger partial charge in [0, 0.05) is 50.2 Å². The van der Waals surface area contributed by atoms with Crippen molar-refractivity contribution in [2.24, 2.45) is 5.92 Å². The molecule has 2 aromatic rings. The standard InChI is InChI=1S/C18H19N5O/c1-2-23-17(24)8-14(18(23)13-4-3-6-20-10-13)12-22-16-5-7-21-11-15(16)9-19/h3-7,10-11,14,18H,2,8,12H2,1H3,(H,21,22)/t14-,18-/m0/s1. The Hall–Kier alpha value is -2.94. The molecule has 0 aromatic carbocycles. The summed E-state index contributed by atoms with van der Waals surface area (Å²) in [6, 6.07) is 7.83. The van der Waals surface area contributed by atoms with Crippen molar-refractivity contribution in [1.82, 2.24) is 14.9 Å². The van der Waals surface area contributed by atoms with Crippen LogP contribution in [0.2, 0.25) is 0 Å². The predicted molar refractivity (Wildman–Crippen MR) is 89.9 cm³/mol. The molecule has 1 aliphatic heterocycles. The van der Waals surface area contributed by atoms with Gasteiger partial charge in [0.05, 0.1) is 17.3 Å². The number of carbonyl (C=O) groups is 1. The number of nitrogens with one attached hydrogen (secondary N) is 1. The van der Waals surface area contributed by atoms with Crippen molar-refractivity contribution in [2.45, 2.75) is 19.4 Å². The highest BCUT2D eigenvalue weighted by molar-refractivity contribution is 5.79. The van der Waals surface area contributed by atoms with E-state index in [0.717, 1.165) is 11.3 Å². The summed E-state index contributed by atoms with van der Waals surface area (Å²) < 4.78 is 0. The lowest BCUT2D eigenvalue weighted by molar-refractivity contribution is -0.128. The second-order valence-corrected chi connectivity index (χ2v) is 5.79. The molecule has 122 valence electrons. The van der Waals surface area contributed by atoms with Crippen molar-refractivity contribution in [1.29, 1.82) is 5.26 Å². The molecule has 0 radical (unpaired) electrons. The Kier molecular flexibility index (Phi) is 4.71. The number of nitrogens with zero attached hydrogens (tertiary/aromatic N) is 4. The molecule has 0 spiro atoms. The van der Waals surface area contributed by atoms with Gasteiger partial charge in [0.15, 0.2) is 0 Å². The summed E-state index contributed by atoms with van der Waals surface area (Å²) in [7, 11) is 0. The lowest BCUT2D eigenvalue weighted by atomic mass is 9.94. The van der Waals surface area contributed by atoms with Gasteiger partial charge in [-0.05, 0) is 24.6 Å². The Balaban J connectivity index is 1.81. The van der Waals surface area contributed by atoms with Crippen LogP contribution in [-0.2, 0) is 4.79 Å². The SMILES string of the molecule is CCN1C(=O)C[C@@H](CNc2ccncc2C#N)[C@@H]1c1cccnc1. The smallest absolute Gasteiger partial charge is 0.223 e.